The number of aromatic nitrogens is 1. The molecule has 0 spiro atoms. The fourth-order valence-electron chi connectivity index (χ4n) is 4.48. The van der Waals surface area contributed by atoms with Gasteiger partial charge in [0.05, 0.1) is 11.6 Å². The zero-order chi connectivity index (χ0) is 17.5. The highest BCUT2D eigenvalue weighted by atomic mass is 16.5. The van der Waals surface area contributed by atoms with E-state index in [1.54, 1.807) is 0 Å². The molecule has 0 bridgehead atoms. The van der Waals surface area contributed by atoms with Crippen molar-refractivity contribution in [2.75, 3.05) is 13.1 Å². The van der Waals surface area contributed by atoms with Gasteiger partial charge in [0.25, 0.3) is 0 Å². The van der Waals surface area contributed by atoms with Crippen LogP contribution >= 0.6 is 0 Å². The Morgan fingerprint density at radius 3 is 2.73 bits per heavy atom. The predicted octanol–water partition coefficient (Wildman–Crippen LogP) is 4.09. The summed E-state index contributed by atoms with van der Waals surface area (Å²) in [5.41, 5.74) is 4.60. The number of carbonyl (C=O) groups excluding carboxylic acids is 1. The number of rotatable bonds is 2. The van der Waals surface area contributed by atoms with Crippen molar-refractivity contribution in [3.8, 4) is 0 Å². The summed E-state index contributed by atoms with van der Waals surface area (Å²) >= 11 is 0. The third-order valence-electron chi connectivity index (χ3n) is 5.78. The molecule has 2 atom stereocenters. The number of carbonyl (C=O) groups is 1. The molecule has 3 aromatic rings. The van der Waals surface area contributed by atoms with E-state index < -0.39 is 0 Å². The zero-order valence-corrected chi connectivity index (χ0v) is 14.7. The van der Waals surface area contributed by atoms with Crippen molar-refractivity contribution >= 4 is 16.9 Å². The molecular weight excluding hydrogens is 324 g/mol. The summed E-state index contributed by atoms with van der Waals surface area (Å²) < 4.78 is 5.84. The van der Waals surface area contributed by atoms with Crippen molar-refractivity contribution in [2.24, 2.45) is 0 Å². The average Bonchev–Trinajstić information content (AvgIpc) is 3.08. The number of piperidine rings is 1. The first-order valence-electron chi connectivity index (χ1n) is 9.39. The summed E-state index contributed by atoms with van der Waals surface area (Å²) in [6.07, 6.45) is 2.83. The molecule has 2 aromatic carbocycles. The van der Waals surface area contributed by atoms with Gasteiger partial charge in [0.1, 0.15) is 6.10 Å². The molecule has 2 unspecified atom stereocenters. The highest BCUT2D eigenvalue weighted by Crippen LogP contribution is 2.40. The minimum Gasteiger partial charge on any atom is -0.459 e. The Kier molecular flexibility index (Phi) is 3.79. The Morgan fingerprint density at radius 1 is 1.04 bits per heavy atom. The van der Waals surface area contributed by atoms with Gasteiger partial charge in [0, 0.05) is 36.1 Å². The molecule has 4 heteroatoms. The Bertz CT molecular complexity index is 947. The van der Waals surface area contributed by atoms with E-state index >= 15 is 0 Å². The second-order valence-electron chi connectivity index (χ2n) is 7.28. The van der Waals surface area contributed by atoms with E-state index in [9.17, 15) is 4.79 Å². The lowest BCUT2D eigenvalue weighted by Gasteiger charge is -2.41. The van der Waals surface area contributed by atoms with Crippen molar-refractivity contribution in [3.05, 3.63) is 71.4 Å². The lowest BCUT2D eigenvalue weighted by molar-refractivity contribution is -0.00612. The first-order chi connectivity index (χ1) is 12.8. The number of nitrogens with one attached hydrogen (secondary N) is 1. The van der Waals surface area contributed by atoms with E-state index in [0.717, 1.165) is 32.4 Å². The Labute approximate surface area is 152 Å². The zero-order valence-electron chi connectivity index (χ0n) is 14.7. The van der Waals surface area contributed by atoms with Crippen LogP contribution in [0.1, 0.15) is 40.5 Å². The maximum atomic E-state index is 12.4. The second-order valence-corrected chi connectivity index (χ2v) is 7.28. The van der Waals surface area contributed by atoms with Gasteiger partial charge in [0.2, 0.25) is 0 Å². The van der Waals surface area contributed by atoms with Crippen molar-refractivity contribution < 1.29 is 9.53 Å². The second kappa shape index (κ2) is 6.29. The van der Waals surface area contributed by atoms with E-state index in [-0.39, 0.29) is 12.1 Å². The molecule has 0 aliphatic carbocycles. The number of fused-ring (bicyclic) bond motifs is 5. The quantitative estimate of drug-likeness (QED) is 0.711. The summed E-state index contributed by atoms with van der Waals surface area (Å²) in [6, 6.07) is 18.1. The van der Waals surface area contributed by atoms with Crippen LogP contribution in [0, 0.1) is 0 Å². The van der Waals surface area contributed by atoms with Crippen LogP contribution in [0.25, 0.3) is 10.9 Å². The number of H-pyrrole nitrogens is 1. The number of para-hydroxylation sites is 1. The molecule has 0 saturated carbocycles. The summed E-state index contributed by atoms with van der Waals surface area (Å²) in [4.78, 5) is 18.6. The monoisotopic (exact) mass is 346 g/mol. The largest absolute Gasteiger partial charge is 0.459 e. The van der Waals surface area contributed by atoms with Crippen molar-refractivity contribution in [1.29, 1.82) is 0 Å². The van der Waals surface area contributed by atoms with Gasteiger partial charge in [-0.25, -0.2) is 4.79 Å². The van der Waals surface area contributed by atoms with Crippen LogP contribution in [-0.4, -0.2) is 35.0 Å². The molecule has 1 N–H and O–H groups in total. The fraction of sp³-hybridized carbons (Fsp3) is 0.318. The Hall–Kier alpha value is -2.59. The smallest absolute Gasteiger partial charge is 0.338 e. The molecule has 26 heavy (non-hydrogen) atoms. The summed E-state index contributed by atoms with van der Waals surface area (Å²) in [6.45, 7) is 2.06. The highest BCUT2D eigenvalue weighted by molar-refractivity contribution is 5.89. The van der Waals surface area contributed by atoms with Gasteiger partial charge in [-0.15, -0.1) is 0 Å². The van der Waals surface area contributed by atoms with E-state index in [4.69, 9.17) is 4.74 Å². The topological polar surface area (TPSA) is 45.3 Å². The molecule has 2 aliphatic heterocycles. The molecule has 1 aromatic heterocycles. The maximum Gasteiger partial charge on any atom is 0.338 e. The third kappa shape index (κ3) is 2.61. The molecular formula is C22H22N2O2. The van der Waals surface area contributed by atoms with Crippen molar-refractivity contribution in [3.63, 3.8) is 0 Å². The number of aromatic amines is 1. The lowest BCUT2D eigenvalue weighted by atomic mass is 9.89. The van der Waals surface area contributed by atoms with Crippen molar-refractivity contribution in [2.45, 2.75) is 31.4 Å². The maximum absolute atomic E-state index is 12.4. The minimum atomic E-state index is -0.211. The van der Waals surface area contributed by atoms with Crippen LogP contribution in [0.4, 0.5) is 0 Å². The van der Waals surface area contributed by atoms with Crippen LogP contribution in [-0.2, 0) is 11.2 Å². The summed E-state index contributed by atoms with van der Waals surface area (Å²) in [5.74, 6) is -0.211. The number of benzene rings is 2. The van der Waals surface area contributed by atoms with Gasteiger partial charge >= 0.3 is 5.97 Å². The third-order valence-corrected chi connectivity index (χ3v) is 5.78. The molecule has 1 saturated heterocycles. The molecule has 5 rings (SSSR count). The van der Waals surface area contributed by atoms with Crippen LogP contribution in [0.5, 0.6) is 0 Å². The number of ether oxygens (including phenoxy) is 1. The first kappa shape index (κ1) is 15.6. The molecule has 0 amide bonds. The number of nitrogens with zero attached hydrogens (tertiary/aromatic N) is 1. The lowest BCUT2D eigenvalue weighted by Crippen LogP contribution is -2.44. The van der Waals surface area contributed by atoms with Crippen LogP contribution in [0.3, 0.4) is 0 Å². The van der Waals surface area contributed by atoms with E-state index in [1.165, 1.54) is 22.2 Å². The van der Waals surface area contributed by atoms with Gasteiger partial charge in [-0.2, -0.15) is 0 Å². The van der Waals surface area contributed by atoms with E-state index in [2.05, 4.69) is 34.1 Å². The SMILES string of the molecule is O=C(OC1CCN2CCc3c([nH]c4ccccc34)C2C1)c1ccccc1. The van der Waals surface area contributed by atoms with Gasteiger partial charge in [-0.1, -0.05) is 36.4 Å². The standard InChI is InChI=1S/C22H22N2O2/c25-22(15-6-2-1-3-7-15)26-16-10-12-24-13-11-18-17-8-4-5-9-19(17)23-21(18)20(24)14-16/h1-9,16,20,23H,10-14H2. The number of esters is 1. The molecule has 3 heterocycles. The summed E-state index contributed by atoms with van der Waals surface area (Å²) in [7, 11) is 0. The van der Waals surface area contributed by atoms with Crippen LogP contribution < -0.4 is 0 Å². The van der Waals surface area contributed by atoms with Crippen LogP contribution in [0.15, 0.2) is 54.6 Å². The highest BCUT2D eigenvalue weighted by Gasteiger charge is 2.36. The molecule has 2 aliphatic rings. The van der Waals surface area contributed by atoms with Gasteiger partial charge in [-0.3, -0.25) is 4.90 Å². The average molecular weight is 346 g/mol. The molecule has 132 valence electrons. The molecule has 0 radical (unpaired) electrons. The van der Waals surface area contributed by atoms with Gasteiger partial charge in [-0.05, 0) is 36.6 Å². The van der Waals surface area contributed by atoms with E-state index in [1.807, 2.05) is 30.3 Å². The van der Waals surface area contributed by atoms with E-state index in [0.29, 0.717) is 11.6 Å². The van der Waals surface area contributed by atoms with Crippen LogP contribution in [0.2, 0.25) is 0 Å². The summed E-state index contributed by atoms with van der Waals surface area (Å²) in [5, 5.41) is 1.34. The predicted molar refractivity (Wildman–Crippen MR) is 101 cm³/mol. The minimum absolute atomic E-state index is 0.0266. The molecule has 4 nitrogen and oxygen atoms in total. The fourth-order valence-corrected chi connectivity index (χ4v) is 4.48. The Balaban J connectivity index is 1.39. The first-order valence-corrected chi connectivity index (χ1v) is 9.39. The van der Waals surface area contributed by atoms with Gasteiger partial charge in [0.15, 0.2) is 0 Å². The Morgan fingerprint density at radius 2 is 1.85 bits per heavy atom. The number of hydrogen-bond donors (Lipinski definition) is 1. The van der Waals surface area contributed by atoms with Gasteiger partial charge < -0.3 is 9.72 Å². The normalized spacial score (nSPS) is 22.6. The number of hydrogen-bond acceptors (Lipinski definition) is 3. The van der Waals surface area contributed by atoms with Crippen molar-refractivity contribution in [1.82, 2.24) is 9.88 Å². The molecule has 1 fully saturated rings.